The number of anilines is 5. The van der Waals surface area contributed by atoms with Crippen molar-refractivity contribution in [2.45, 2.75) is 160 Å². The summed E-state index contributed by atoms with van der Waals surface area (Å²) < 4.78 is 0. The zero-order valence-electron chi connectivity index (χ0n) is 36.8. The molecular formula is C55H66N2. The van der Waals surface area contributed by atoms with Crippen molar-refractivity contribution in [1.29, 1.82) is 0 Å². The molecule has 5 aliphatic carbocycles. The smallest absolute Gasteiger partial charge is 0.0484 e. The molecule has 57 heavy (non-hydrogen) atoms. The summed E-state index contributed by atoms with van der Waals surface area (Å²) in [6.45, 7) is 26.8. The minimum atomic E-state index is 0.111. The fourth-order valence-electron chi connectivity index (χ4n) is 11.4. The average Bonchev–Trinajstić information content (AvgIpc) is 3.16. The second-order valence-electron chi connectivity index (χ2n) is 21.9. The van der Waals surface area contributed by atoms with Gasteiger partial charge in [-0.2, -0.15) is 0 Å². The van der Waals surface area contributed by atoms with E-state index >= 15 is 0 Å². The molecule has 2 nitrogen and oxygen atoms in total. The SMILES string of the molecule is Cc1cc(Nc2cc3c(cc2-c2ccccc2)C(C)(C)CCC3(C)C)cc(N(c2ccc3c(c2)C(C)(C)CCC3(C)C)c2ccc3c(c2)C2(C)CCC3(C)CC2)c1. The van der Waals surface area contributed by atoms with Crippen LogP contribution in [0.15, 0.2) is 97.1 Å². The standard InChI is InChI=1S/C55H66N2/c1-36-29-38(56-49-35-47-46(52(6,7)23-24-53(47,8)9)34-42(49)37-15-13-12-14-16-37)31-41(30-36)57(39-17-19-43-45(32-39)51(4,5)22-21-50(43,2)3)40-18-20-44-48(33-40)55(11)27-25-54(44,10)26-28-55/h12-20,29-35,56H,21-28H2,1-11H3. The van der Waals surface area contributed by atoms with Crippen LogP contribution in [0.4, 0.5) is 28.4 Å². The maximum Gasteiger partial charge on any atom is 0.0484 e. The van der Waals surface area contributed by atoms with E-state index in [1.807, 2.05) is 0 Å². The maximum absolute atomic E-state index is 4.06. The monoisotopic (exact) mass is 755 g/mol. The number of hydrogen-bond acceptors (Lipinski definition) is 2. The first-order valence-corrected chi connectivity index (χ1v) is 22.0. The summed E-state index contributed by atoms with van der Waals surface area (Å²) in [4.78, 5) is 2.57. The van der Waals surface area contributed by atoms with Crippen LogP contribution in [-0.4, -0.2) is 0 Å². The quantitative estimate of drug-likeness (QED) is 0.186. The molecule has 296 valence electrons. The molecule has 2 heteroatoms. The van der Waals surface area contributed by atoms with E-state index in [9.17, 15) is 0 Å². The first-order valence-electron chi connectivity index (χ1n) is 22.0. The molecular weight excluding hydrogens is 689 g/mol. The van der Waals surface area contributed by atoms with Gasteiger partial charge in [0.15, 0.2) is 0 Å². The summed E-state index contributed by atoms with van der Waals surface area (Å²) in [6.07, 6.45) is 9.95. The Morgan fingerprint density at radius 1 is 0.421 bits per heavy atom. The van der Waals surface area contributed by atoms with Crippen molar-refractivity contribution in [3.63, 3.8) is 0 Å². The minimum Gasteiger partial charge on any atom is -0.355 e. The van der Waals surface area contributed by atoms with E-state index in [1.54, 1.807) is 11.1 Å². The Morgan fingerprint density at radius 2 is 0.912 bits per heavy atom. The molecule has 5 aromatic carbocycles. The molecule has 1 N–H and O–H groups in total. The van der Waals surface area contributed by atoms with E-state index in [2.05, 4.69) is 183 Å². The van der Waals surface area contributed by atoms with Crippen LogP contribution in [-0.2, 0) is 32.5 Å². The molecule has 10 rings (SSSR count). The van der Waals surface area contributed by atoms with Crippen molar-refractivity contribution in [2.75, 3.05) is 10.2 Å². The van der Waals surface area contributed by atoms with Crippen molar-refractivity contribution < 1.29 is 0 Å². The van der Waals surface area contributed by atoms with Crippen LogP contribution >= 0.6 is 0 Å². The molecule has 0 aliphatic heterocycles. The van der Waals surface area contributed by atoms with Crippen molar-refractivity contribution in [1.82, 2.24) is 0 Å². The Labute approximate surface area is 344 Å². The Hall–Kier alpha value is -4.30. The van der Waals surface area contributed by atoms with Gasteiger partial charge in [-0.05, 0) is 190 Å². The third kappa shape index (κ3) is 6.36. The number of rotatable bonds is 6. The summed E-state index contributed by atoms with van der Waals surface area (Å²) in [5.74, 6) is 0. The van der Waals surface area contributed by atoms with Crippen LogP contribution in [0.25, 0.3) is 11.1 Å². The zero-order valence-corrected chi connectivity index (χ0v) is 36.8. The van der Waals surface area contributed by atoms with Crippen LogP contribution < -0.4 is 10.2 Å². The first kappa shape index (κ1) is 38.2. The van der Waals surface area contributed by atoms with Gasteiger partial charge in [0.1, 0.15) is 0 Å². The Bertz CT molecular complexity index is 2340. The molecule has 0 spiro atoms. The highest BCUT2D eigenvalue weighted by Crippen LogP contribution is 2.58. The van der Waals surface area contributed by atoms with Gasteiger partial charge >= 0.3 is 0 Å². The number of fused-ring (bicyclic) bond motifs is 4. The lowest BCUT2D eigenvalue weighted by Gasteiger charge is -2.52. The fourth-order valence-corrected chi connectivity index (χ4v) is 11.4. The lowest BCUT2D eigenvalue weighted by Crippen LogP contribution is -2.44. The van der Waals surface area contributed by atoms with Crippen molar-refractivity contribution >= 4 is 28.4 Å². The van der Waals surface area contributed by atoms with Crippen LogP contribution in [0.5, 0.6) is 0 Å². The topological polar surface area (TPSA) is 15.3 Å². The Morgan fingerprint density at radius 3 is 1.51 bits per heavy atom. The Kier molecular flexibility index (Phi) is 8.62. The van der Waals surface area contributed by atoms with Crippen molar-refractivity contribution in [3.8, 4) is 11.1 Å². The highest BCUT2D eigenvalue weighted by Gasteiger charge is 2.48. The predicted octanol–water partition coefficient (Wildman–Crippen LogP) is 15.7. The van der Waals surface area contributed by atoms with E-state index < -0.39 is 0 Å². The van der Waals surface area contributed by atoms with Crippen molar-refractivity contribution in [2.24, 2.45) is 0 Å². The number of nitrogens with one attached hydrogen (secondary N) is 1. The van der Waals surface area contributed by atoms with E-state index in [4.69, 9.17) is 0 Å². The second-order valence-corrected chi connectivity index (χ2v) is 21.9. The number of benzene rings is 5. The molecule has 5 aliphatic rings. The highest BCUT2D eigenvalue weighted by molar-refractivity contribution is 5.86. The fraction of sp³-hybridized carbons (Fsp3) is 0.455. The van der Waals surface area contributed by atoms with E-state index in [0.717, 1.165) is 5.69 Å². The summed E-state index contributed by atoms with van der Waals surface area (Å²) >= 11 is 0. The Balaban J connectivity index is 1.22. The summed E-state index contributed by atoms with van der Waals surface area (Å²) in [5.41, 5.74) is 19.9. The minimum absolute atomic E-state index is 0.111. The van der Waals surface area contributed by atoms with Gasteiger partial charge in [-0.15, -0.1) is 0 Å². The lowest BCUT2D eigenvalue weighted by molar-refractivity contribution is 0.188. The van der Waals surface area contributed by atoms with Crippen LogP contribution in [0, 0.1) is 6.92 Å². The third-order valence-electron chi connectivity index (χ3n) is 15.8. The average molecular weight is 755 g/mol. The predicted molar refractivity (Wildman–Crippen MR) is 245 cm³/mol. The molecule has 0 amide bonds. The largest absolute Gasteiger partial charge is 0.355 e. The van der Waals surface area contributed by atoms with Gasteiger partial charge in [-0.1, -0.05) is 112 Å². The van der Waals surface area contributed by atoms with Gasteiger partial charge in [-0.3, -0.25) is 0 Å². The summed E-state index contributed by atoms with van der Waals surface area (Å²) in [7, 11) is 0. The van der Waals surface area contributed by atoms with Gasteiger partial charge in [0, 0.05) is 34.0 Å². The lowest BCUT2D eigenvalue weighted by atomic mass is 9.52. The van der Waals surface area contributed by atoms with Gasteiger partial charge in [0.05, 0.1) is 0 Å². The molecule has 0 unspecified atom stereocenters. The normalized spacial score (nSPS) is 24.5. The van der Waals surface area contributed by atoms with Crippen LogP contribution in [0.1, 0.15) is 160 Å². The molecule has 0 radical (unpaired) electrons. The summed E-state index contributed by atoms with van der Waals surface area (Å²) in [5, 5.41) is 4.06. The van der Waals surface area contributed by atoms with Crippen LogP contribution in [0.3, 0.4) is 0 Å². The molecule has 5 aromatic rings. The molecule has 0 aromatic heterocycles. The van der Waals surface area contributed by atoms with E-state index in [0.29, 0.717) is 0 Å². The molecule has 2 bridgehead atoms. The van der Waals surface area contributed by atoms with Gasteiger partial charge < -0.3 is 10.2 Å². The third-order valence-corrected chi connectivity index (χ3v) is 15.8. The molecule has 0 atom stereocenters. The van der Waals surface area contributed by atoms with Gasteiger partial charge in [-0.25, -0.2) is 0 Å². The van der Waals surface area contributed by atoms with Crippen LogP contribution in [0.2, 0.25) is 0 Å². The molecule has 0 heterocycles. The van der Waals surface area contributed by atoms with Gasteiger partial charge in [0.25, 0.3) is 0 Å². The van der Waals surface area contributed by atoms with Crippen molar-refractivity contribution in [3.05, 3.63) is 136 Å². The van der Waals surface area contributed by atoms with E-state index in [-0.39, 0.29) is 32.5 Å². The molecule has 0 saturated heterocycles. The molecule has 1 fully saturated rings. The first-order chi connectivity index (χ1) is 26.8. The second kappa shape index (κ2) is 12.8. The molecule has 1 saturated carbocycles. The van der Waals surface area contributed by atoms with Gasteiger partial charge in [0.2, 0.25) is 0 Å². The number of nitrogens with zero attached hydrogens (tertiary/aromatic N) is 1. The maximum atomic E-state index is 4.06. The number of hydrogen-bond donors (Lipinski definition) is 1. The zero-order chi connectivity index (χ0) is 40.3. The number of aryl methyl sites for hydroxylation is 1. The summed E-state index contributed by atoms with van der Waals surface area (Å²) in [6, 6.07) is 38.0. The highest BCUT2D eigenvalue weighted by atomic mass is 15.1. The van der Waals surface area contributed by atoms with E-state index in [1.165, 1.54) is 113 Å².